The van der Waals surface area contributed by atoms with E-state index in [0.29, 0.717) is 12.5 Å². The van der Waals surface area contributed by atoms with Crippen LogP contribution in [0.1, 0.15) is 49.9 Å². The Kier molecular flexibility index (Phi) is 2.95. The lowest BCUT2D eigenvalue weighted by Crippen LogP contribution is -2.53. The SMILES string of the molecule is Cc1ccc(CNC(=O)C23CC4CC(CC(C4)C2)C3)n1C. The van der Waals surface area contributed by atoms with Gasteiger partial charge < -0.3 is 9.88 Å². The largest absolute Gasteiger partial charge is 0.350 e. The number of hydrogen-bond donors (Lipinski definition) is 1. The lowest BCUT2D eigenvalue weighted by atomic mass is 9.49. The molecule has 1 aromatic rings. The maximum atomic E-state index is 12.9. The fourth-order valence-corrected chi connectivity index (χ4v) is 5.59. The first-order chi connectivity index (χ1) is 10.1. The van der Waals surface area contributed by atoms with Gasteiger partial charge in [0.05, 0.1) is 6.54 Å². The maximum absolute atomic E-state index is 12.9. The average Bonchev–Trinajstić information content (AvgIpc) is 2.75. The van der Waals surface area contributed by atoms with Gasteiger partial charge in [-0.3, -0.25) is 4.79 Å². The molecule has 0 radical (unpaired) electrons. The zero-order chi connectivity index (χ0) is 14.6. The van der Waals surface area contributed by atoms with Crippen molar-refractivity contribution < 1.29 is 4.79 Å². The molecular formula is C18H26N2O. The number of hydrogen-bond acceptors (Lipinski definition) is 1. The van der Waals surface area contributed by atoms with Gasteiger partial charge in [0, 0.05) is 23.9 Å². The van der Waals surface area contributed by atoms with Gasteiger partial charge in [-0.2, -0.15) is 0 Å². The summed E-state index contributed by atoms with van der Waals surface area (Å²) in [5.41, 5.74) is 2.43. The molecule has 4 aliphatic carbocycles. The summed E-state index contributed by atoms with van der Waals surface area (Å²) >= 11 is 0. The Morgan fingerprint density at radius 1 is 1.19 bits per heavy atom. The molecule has 0 aliphatic heterocycles. The van der Waals surface area contributed by atoms with E-state index in [4.69, 9.17) is 0 Å². The number of carbonyl (C=O) groups is 1. The van der Waals surface area contributed by atoms with Gasteiger partial charge in [-0.25, -0.2) is 0 Å². The van der Waals surface area contributed by atoms with E-state index in [1.54, 1.807) is 0 Å². The highest BCUT2D eigenvalue weighted by molar-refractivity contribution is 5.83. The molecule has 0 unspecified atom stereocenters. The molecule has 3 nitrogen and oxygen atoms in total. The lowest BCUT2D eigenvalue weighted by Gasteiger charge is -2.55. The zero-order valence-corrected chi connectivity index (χ0v) is 13.2. The van der Waals surface area contributed by atoms with Crippen LogP contribution in [0.2, 0.25) is 0 Å². The Balaban J connectivity index is 1.46. The maximum Gasteiger partial charge on any atom is 0.226 e. The summed E-state index contributed by atoms with van der Waals surface area (Å²) in [5, 5.41) is 3.25. The predicted molar refractivity (Wildman–Crippen MR) is 82.6 cm³/mol. The van der Waals surface area contributed by atoms with Gasteiger partial charge in [-0.15, -0.1) is 0 Å². The van der Waals surface area contributed by atoms with Crippen LogP contribution in [0.5, 0.6) is 0 Å². The first-order valence-corrected chi connectivity index (χ1v) is 8.45. The molecular weight excluding hydrogens is 260 g/mol. The Labute approximate surface area is 127 Å². The summed E-state index contributed by atoms with van der Waals surface area (Å²) < 4.78 is 2.17. The first kappa shape index (κ1) is 13.4. The Morgan fingerprint density at radius 2 is 1.76 bits per heavy atom. The second kappa shape index (κ2) is 4.62. The van der Waals surface area contributed by atoms with Crippen LogP contribution in [0.15, 0.2) is 12.1 Å². The number of aromatic nitrogens is 1. The van der Waals surface area contributed by atoms with Crippen LogP contribution in [0, 0.1) is 30.1 Å². The molecule has 114 valence electrons. The molecule has 3 heteroatoms. The van der Waals surface area contributed by atoms with Crippen molar-refractivity contribution >= 4 is 5.91 Å². The van der Waals surface area contributed by atoms with Crippen LogP contribution in [-0.4, -0.2) is 10.5 Å². The summed E-state index contributed by atoms with van der Waals surface area (Å²) in [4.78, 5) is 12.9. The number of aryl methyl sites for hydroxylation is 1. The van der Waals surface area contributed by atoms with E-state index >= 15 is 0 Å². The average molecular weight is 286 g/mol. The van der Waals surface area contributed by atoms with Crippen molar-refractivity contribution in [3.63, 3.8) is 0 Å². The number of nitrogens with one attached hydrogen (secondary N) is 1. The first-order valence-electron chi connectivity index (χ1n) is 8.45. The normalized spacial score (nSPS) is 37.0. The number of nitrogens with zero attached hydrogens (tertiary/aromatic N) is 1. The molecule has 0 atom stereocenters. The lowest BCUT2D eigenvalue weighted by molar-refractivity contribution is -0.146. The molecule has 0 aromatic carbocycles. The Bertz CT molecular complexity index is 536. The standard InChI is InChI=1S/C18H26N2O/c1-12-3-4-16(20(12)2)11-19-17(21)18-8-13-5-14(9-18)7-15(6-13)10-18/h3-4,13-15H,5-11H2,1-2H3,(H,19,21). The molecule has 1 aromatic heterocycles. The van der Waals surface area contributed by atoms with E-state index < -0.39 is 0 Å². The van der Waals surface area contributed by atoms with Crippen molar-refractivity contribution in [2.24, 2.45) is 30.2 Å². The van der Waals surface area contributed by atoms with Crippen molar-refractivity contribution in [2.75, 3.05) is 0 Å². The minimum Gasteiger partial charge on any atom is -0.350 e. The zero-order valence-electron chi connectivity index (χ0n) is 13.2. The minimum atomic E-state index is -0.0189. The van der Waals surface area contributed by atoms with Crippen molar-refractivity contribution in [1.29, 1.82) is 0 Å². The van der Waals surface area contributed by atoms with Crippen molar-refractivity contribution in [2.45, 2.75) is 52.0 Å². The van der Waals surface area contributed by atoms with E-state index in [9.17, 15) is 4.79 Å². The number of amides is 1. The molecule has 4 saturated carbocycles. The van der Waals surface area contributed by atoms with Crippen molar-refractivity contribution in [1.82, 2.24) is 9.88 Å². The summed E-state index contributed by atoms with van der Waals surface area (Å²) in [7, 11) is 2.07. The summed E-state index contributed by atoms with van der Waals surface area (Å²) in [6.07, 6.45) is 7.63. The number of carbonyl (C=O) groups excluding carboxylic acids is 1. The van der Waals surface area contributed by atoms with Crippen LogP contribution < -0.4 is 5.32 Å². The van der Waals surface area contributed by atoms with Crippen LogP contribution in [-0.2, 0) is 18.4 Å². The predicted octanol–water partition coefficient (Wildman–Crippen LogP) is 3.17. The second-order valence-corrected chi connectivity index (χ2v) is 7.91. The number of rotatable bonds is 3. The van der Waals surface area contributed by atoms with Gasteiger partial charge in [0.2, 0.25) is 5.91 Å². The molecule has 21 heavy (non-hydrogen) atoms. The van der Waals surface area contributed by atoms with Crippen LogP contribution in [0.25, 0.3) is 0 Å². The van der Waals surface area contributed by atoms with Crippen LogP contribution in [0.4, 0.5) is 0 Å². The van der Waals surface area contributed by atoms with E-state index in [1.165, 1.54) is 30.7 Å². The highest BCUT2D eigenvalue weighted by Gasteiger charge is 2.54. The fraction of sp³-hybridized carbons (Fsp3) is 0.722. The van der Waals surface area contributed by atoms with E-state index in [2.05, 4.69) is 36.0 Å². The smallest absolute Gasteiger partial charge is 0.226 e. The van der Waals surface area contributed by atoms with Gasteiger partial charge >= 0.3 is 0 Å². The van der Waals surface area contributed by atoms with E-state index in [-0.39, 0.29) is 5.41 Å². The van der Waals surface area contributed by atoms with Crippen LogP contribution >= 0.6 is 0 Å². The monoisotopic (exact) mass is 286 g/mol. The molecule has 1 N–H and O–H groups in total. The van der Waals surface area contributed by atoms with Gasteiger partial charge in [-0.05, 0) is 75.3 Å². The van der Waals surface area contributed by atoms with Gasteiger partial charge in [0.1, 0.15) is 0 Å². The Morgan fingerprint density at radius 3 is 2.24 bits per heavy atom. The fourth-order valence-electron chi connectivity index (χ4n) is 5.59. The molecule has 1 amide bonds. The second-order valence-electron chi connectivity index (χ2n) is 7.91. The summed E-state index contributed by atoms with van der Waals surface area (Å²) in [6.45, 7) is 2.77. The third kappa shape index (κ3) is 2.13. The van der Waals surface area contributed by atoms with Gasteiger partial charge in [0.25, 0.3) is 0 Å². The van der Waals surface area contributed by atoms with Crippen LogP contribution in [0.3, 0.4) is 0 Å². The van der Waals surface area contributed by atoms with Crippen molar-refractivity contribution in [3.05, 3.63) is 23.5 Å². The molecule has 4 bridgehead atoms. The molecule has 1 heterocycles. The topological polar surface area (TPSA) is 34.0 Å². The molecule has 4 fully saturated rings. The molecule has 4 aliphatic rings. The quantitative estimate of drug-likeness (QED) is 0.910. The van der Waals surface area contributed by atoms with Gasteiger partial charge in [0.15, 0.2) is 0 Å². The minimum absolute atomic E-state index is 0.0189. The Hall–Kier alpha value is -1.25. The molecule has 0 spiro atoms. The third-order valence-corrected chi connectivity index (χ3v) is 6.43. The molecule has 0 saturated heterocycles. The highest BCUT2D eigenvalue weighted by Crippen LogP contribution is 2.60. The molecule has 5 rings (SSSR count). The van der Waals surface area contributed by atoms with Gasteiger partial charge in [-0.1, -0.05) is 0 Å². The van der Waals surface area contributed by atoms with Crippen molar-refractivity contribution in [3.8, 4) is 0 Å². The summed E-state index contributed by atoms with van der Waals surface area (Å²) in [6, 6.07) is 4.24. The highest BCUT2D eigenvalue weighted by atomic mass is 16.2. The summed E-state index contributed by atoms with van der Waals surface area (Å²) in [5.74, 6) is 2.83. The third-order valence-electron chi connectivity index (χ3n) is 6.43. The van der Waals surface area contributed by atoms with E-state index in [1.807, 2.05) is 0 Å². The van der Waals surface area contributed by atoms with E-state index in [0.717, 1.165) is 37.0 Å².